The number of likely N-dealkylation sites (tertiary alicyclic amines) is 1. The van der Waals surface area contributed by atoms with Crippen LogP contribution in [0.3, 0.4) is 0 Å². The molecule has 2 aliphatic rings. The number of rotatable bonds is 3. The SMILES string of the molecule is CCc1ccc(C(=O)N2CCC(N3C(=O)CCc4ccccc43)CC2)cc1. The predicted molar refractivity (Wildman–Crippen MR) is 107 cm³/mol. The van der Waals surface area contributed by atoms with E-state index in [2.05, 4.69) is 19.1 Å². The van der Waals surface area contributed by atoms with Gasteiger partial charge in [0.05, 0.1) is 0 Å². The lowest BCUT2D eigenvalue weighted by Gasteiger charge is -2.41. The van der Waals surface area contributed by atoms with E-state index < -0.39 is 0 Å². The number of aryl methyl sites for hydroxylation is 2. The van der Waals surface area contributed by atoms with Gasteiger partial charge < -0.3 is 9.80 Å². The summed E-state index contributed by atoms with van der Waals surface area (Å²) in [6, 6.07) is 16.3. The van der Waals surface area contributed by atoms with Crippen LogP contribution in [0.1, 0.15) is 47.7 Å². The third kappa shape index (κ3) is 3.48. The summed E-state index contributed by atoms with van der Waals surface area (Å²) < 4.78 is 0. The number of nitrogens with zero attached hydrogens (tertiary/aromatic N) is 2. The summed E-state index contributed by atoms with van der Waals surface area (Å²) in [6.07, 6.45) is 4.06. The number of hydrogen-bond donors (Lipinski definition) is 0. The van der Waals surface area contributed by atoms with E-state index in [1.807, 2.05) is 46.2 Å². The van der Waals surface area contributed by atoms with Crippen molar-refractivity contribution in [2.24, 2.45) is 0 Å². The lowest BCUT2D eigenvalue weighted by atomic mass is 9.95. The average Bonchev–Trinajstić information content (AvgIpc) is 2.73. The number of carbonyl (C=O) groups is 2. The van der Waals surface area contributed by atoms with Gasteiger partial charge in [0.1, 0.15) is 0 Å². The number of benzene rings is 2. The molecule has 0 radical (unpaired) electrons. The van der Waals surface area contributed by atoms with Crippen molar-refractivity contribution >= 4 is 17.5 Å². The van der Waals surface area contributed by atoms with Crippen LogP contribution in [-0.4, -0.2) is 35.8 Å². The normalized spacial score (nSPS) is 17.7. The molecule has 140 valence electrons. The van der Waals surface area contributed by atoms with E-state index in [0.29, 0.717) is 19.5 Å². The average molecular weight is 362 g/mol. The molecule has 0 bridgehead atoms. The van der Waals surface area contributed by atoms with Gasteiger partial charge in [-0.05, 0) is 55.0 Å². The molecule has 4 heteroatoms. The van der Waals surface area contributed by atoms with Crippen molar-refractivity contribution < 1.29 is 9.59 Å². The van der Waals surface area contributed by atoms with E-state index in [0.717, 1.165) is 36.9 Å². The van der Waals surface area contributed by atoms with Gasteiger partial charge in [0.2, 0.25) is 5.91 Å². The fraction of sp³-hybridized carbons (Fsp3) is 0.391. The Morgan fingerprint density at radius 1 is 1.00 bits per heavy atom. The Hall–Kier alpha value is -2.62. The molecule has 0 spiro atoms. The number of amides is 2. The molecule has 0 N–H and O–H groups in total. The standard InChI is InChI=1S/C23H26N2O2/c1-2-17-7-9-19(10-8-17)23(27)24-15-13-20(14-16-24)25-21-6-4-3-5-18(21)11-12-22(25)26/h3-10,20H,2,11-16H2,1H3. The molecule has 2 aromatic carbocycles. The second-order valence-corrected chi connectivity index (χ2v) is 7.47. The highest BCUT2D eigenvalue weighted by Crippen LogP contribution is 2.32. The number of hydrogen-bond acceptors (Lipinski definition) is 2. The van der Waals surface area contributed by atoms with Gasteiger partial charge in [0, 0.05) is 36.8 Å². The Morgan fingerprint density at radius 2 is 1.70 bits per heavy atom. The minimum Gasteiger partial charge on any atom is -0.338 e. The van der Waals surface area contributed by atoms with Gasteiger partial charge in [-0.15, -0.1) is 0 Å². The molecule has 0 atom stereocenters. The lowest BCUT2D eigenvalue weighted by molar-refractivity contribution is -0.119. The Balaban J connectivity index is 1.44. The zero-order valence-electron chi connectivity index (χ0n) is 15.9. The largest absolute Gasteiger partial charge is 0.338 e. The van der Waals surface area contributed by atoms with E-state index in [1.165, 1.54) is 11.1 Å². The van der Waals surface area contributed by atoms with Crippen molar-refractivity contribution in [2.75, 3.05) is 18.0 Å². The molecule has 2 aromatic rings. The Labute approximate surface area is 160 Å². The van der Waals surface area contributed by atoms with Crippen molar-refractivity contribution in [3.63, 3.8) is 0 Å². The first-order valence-corrected chi connectivity index (χ1v) is 9.95. The van der Waals surface area contributed by atoms with Crippen molar-refractivity contribution in [3.05, 3.63) is 65.2 Å². The van der Waals surface area contributed by atoms with Gasteiger partial charge in [-0.3, -0.25) is 9.59 Å². The number of carbonyl (C=O) groups excluding carboxylic acids is 2. The molecule has 2 amide bonds. The first-order chi connectivity index (χ1) is 13.2. The first kappa shape index (κ1) is 17.8. The highest BCUT2D eigenvalue weighted by atomic mass is 16.2. The highest BCUT2D eigenvalue weighted by molar-refractivity contribution is 5.97. The van der Waals surface area contributed by atoms with Crippen LogP contribution < -0.4 is 4.90 Å². The van der Waals surface area contributed by atoms with Crippen LogP contribution in [0.4, 0.5) is 5.69 Å². The lowest BCUT2D eigenvalue weighted by Crippen LogP contribution is -2.50. The topological polar surface area (TPSA) is 40.6 Å². The fourth-order valence-electron chi connectivity index (χ4n) is 4.25. The van der Waals surface area contributed by atoms with Crippen LogP contribution in [0.25, 0.3) is 0 Å². The number of anilines is 1. The van der Waals surface area contributed by atoms with Gasteiger partial charge in [-0.2, -0.15) is 0 Å². The number of piperidine rings is 1. The maximum atomic E-state index is 12.8. The summed E-state index contributed by atoms with van der Waals surface area (Å²) in [4.78, 5) is 29.3. The van der Waals surface area contributed by atoms with E-state index in [-0.39, 0.29) is 17.9 Å². The van der Waals surface area contributed by atoms with Gasteiger partial charge in [-0.25, -0.2) is 0 Å². The summed E-state index contributed by atoms with van der Waals surface area (Å²) >= 11 is 0. The van der Waals surface area contributed by atoms with Crippen molar-refractivity contribution in [2.45, 2.75) is 45.1 Å². The molecule has 2 aliphatic heterocycles. The second kappa shape index (κ2) is 7.55. The molecule has 4 rings (SSSR count). The van der Waals surface area contributed by atoms with Crippen molar-refractivity contribution in [1.82, 2.24) is 4.90 Å². The van der Waals surface area contributed by atoms with Gasteiger partial charge >= 0.3 is 0 Å². The Kier molecular flexibility index (Phi) is 4.97. The quantitative estimate of drug-likeness (QED) is 0.832. The summed E-state index contributed by atoms with van der Waals surface area (Å²) in [5.41, 5.74) is 4.32. The molecule has 0 unspecified atom stereocenters. The van der Waals surface area contributed by atoms with Crippen LogP contribution in [0.5, 0.6) is 0 Å². The molecule has 1 fully saturated rings. The Morgan fingerprint density at radius 3 is 2.41 bits per heavy atom. The van der Waals surface area contributed by atoms with Crippen LogP contribution >= 0.6 is 0 Å². The van der Waals surface area contributed by atoms with Gasteiger partial charge in [-0.1, -0.05) is 37.3 Å². The molecule has 0 aromatic heterocycles. The molecule has 4 nitrogen and oxygen atoms in total. The zero-order chi connectivity index (χ0) is 18.8. The summed E-state index contributed by atoms with van der Waals surface area (Å²) in [7, 11) is 0. The monoisotopic (exact) mass is 362 g/mol. The van der Waals surface area contributed by atoms with Crippen molar-refractivity contribution in [3.8, 4) is 0 Å². The molecule has 0 saturated carbocycles. The number of fused-ring (bicyclic) bond motifs is 1. The third-order valence-corrected chi connectivity index (χ3v) is 5.85. The summed E-state index contributed by atoms with van der Waals surface area (Å²) in [5, 5.41) is 0. The molecule has 0 aliphatic carbocycles. The molecular formula is C23H26N2O2. The molecule has 1 saturated heterocycles. The maximum Gasteiger partial charge on any atom is 0.253 e. The molecular weight excluding hydrogens is 336 g/mol. The number of para-hydroxylation sites is 1. The van der Waals surface area contributed by atoms with Crippen molar-refractivity contribution in [1.29, 1.82) is 0 Å². The van der Waals surface area contributed by atoms with Crippen LogP contribution in [0.2, 0.25) is 0 Å². The zero-order valence-corrected chi connectivity index (χ0v) is 15.9. The Bertz CT molecular complexity index is 836. The molecule has 27 heavy (non-hydrogen) atoms. The smallest absolute Gasteiger partial charge is 0.253 e. The highest BCUT2D eigenvalue weighted by Gasteiger charge is 2.33. The first-order valence-electron chi connectivity index (χ1n) is 9.95. The molecule has 2 heterocycles. The minimum atomic E-state index is 0.0986. The van der Waals surface area contributed by atoms with Gasteiger partial charge in [0.15, 0.2) is 0 Å². The second-order valence-electron chi connectivity index (χ2n) is 7.47. The van der Waals surface area contributed by atoms with E-state index in [9.17, 15) is 9.59 Å². The fourth-order valence-corrected chi connectivity index (χ4v) is 4.25. The minimum absolute atomic E-state index is 0.0986. The van der Waals surface area contributed by atoms with Crippen LogP contribution in [-0.2, 0) is 17.6 Å². The summed E-state index contributed by atoms with van der Waals surface area (Å²) in [6.45, 7) is 3.51. The van der Waals surface area contributed by atoms with Crippen LogP contribution in [0, 0.1) is 0 Å². The van der Waals surface area contributed by atoms with E-state index in [4.69, 9.17) is 0 Å². The van der Waals surface area contributed by atoms with Crippen LogP contribution in [0.15, 0.2) is 48.5 Å². The van der Waals surface area contributed by atoms with E-state index in [1.54, 1.807) is 0 Å². The summed E-state index contributed by atoms with van der Waals surface area (Å²) in [5.74, 6) is 0.315. The van der Waals surface area contributed by atoms with Gasteiger partial charge in [0.25, 0.3) is 5.91 Å². The van der Waals surface area contributed by atoms with E-state index >= 15 is 0 Å². The predicted octanol–water partition coefficient (Wildman–Crippen LogP) is 3.83. The third-order valence-electron chi connectivity index (χ3n) is 5.85. The maximum absolute atomic E-state index is 12.8.